The molecule has 2 N–H and O–H groups in total. The predicted octanol–water partition coefficient (Wildman–Crippen LogP) is 1.33. The maximum atomic E-state index is 15.3. The molecule has 56 heavy (non-hydrogen) atoms. The molecule has 16 nitrogen and oxygen atoms in total. The van der Waals surface area contributed by atoms with Gasteiger partial charge in [-0.15, -0.1) is 11.3 Å². The van der Waals surface area contributed by atoms with Crippen molar-refractivity contribution in [2.45, 2.75) is 18.9 Å². The minimum atomic E-state index is -1.25. The average molecular weight is 800 g/mol. The molecule has 3 aromatic rings. The van der Waals surface area contributed by atoms with Crippen LogP contribution in [0.3, 0.4) is 0 Å². The number of benzene rings is 2. The molecule has 1 aromatic heterocycles. The maximum absolute atomic E-state index is 15.3. The smallest absolute Gasteiger partial charge is 0.262 e. The van der Waals surface area contributed by atoms with Crippen LogP contribution < -0.4 is 25.2 Å². The number of rotatable bonds is 12. The van der Waals surface area contributed by atoms with Crippen LogP contribution in [0.15, 0.2) is 29.6 Å². The molecule has 0 radical (unpaired) electrons. The van der Waals surface area contributed by atoms with Crippen LogP contribution in [0.4, 0.5) is 24.0 Å². The molecule has 2 aromatic carbocycles. The zero-order valence-corrected chi connectivity index (χ0v) is 30.6. The highest BCUT2D eigenvalue weighted by Crippen LogP contribution is 2.37. The molecule has 3 saturated heterocycles. The molecule has 0 saturated carbocycles. The fourth-order valence-electron chi connectivity index (χ4n) is 6.78. The number of aromatic nitrogens is 1. The molecular formula is C36H36F3N7O9S. The zero-order chi connectivity index (χ0) is 39.5. The number of halogens is 3. The first-order valence-corrected chi connectivity index (χ1v) is 18.7. The van der Waals surface area contributed by atoms with Crippen molar-refractivity contribution in [1.82, 2.24) is 25.4 Å². The lowest BCUT2D eigenvalue weighted by atomic mass is 10.0. The van der Waals surface area contributed by atoms with Crippen molar-refractivity contribution in [3.63, 3.8) is 0 Å². The highest BCUT2D eigenvalue weighted by atomic mass is 32.1. The summed E-state index contributed by atoms with van der Waals surface area (Å²) in [4.78, 5) is 85.9. The number of morpholine rings is 1. The molecule has 0 aliphatic carbocycles. The van der Waals surface area contributed by atoms with Gasteiger partial charge in [-0.2, -0.15) is 4.39 Å². The van der Waals surface area contributed by atoms with E-state index >= 15 is 4.39 Å². The Hall–Kier alpha value is -5.60. The number of amides is 6. The van der Waals surface area contributed by atoms with Gasteiger partial charge in [0.05, 0.1) is 42.3 Å². The average Bonchev–Trinajstić information content (AvgIpc) is 3.78. The molecule has 7 rings (SSSR count). The van der Waals surface area contributed by atoms with Gasteiger partial charge in [-0.25, -0.2) is 13.8 Å². The molecule has 0 spiro atoms. The Kier molecular flexibility index (Phi) is 11.5. The van der Waals surface area contributed by atoms with E-state index in [1.165, 1.54) is 28.4 Å². The van der Waals surface area contributed by atoms with Gasteiger partial charge in [-0.05, 0) is 30.7 Å². The number of imide groups is 2. The molecule has 4 aliphatic heterocycles. The number of ether oxygens (including phenoxy) is 3. The summed E-state index contributed by atoms with van der Waals surface area (Å²) in [7, 11) is 0. The van der Waals surface area contributed by atoms with Crippen molar-refractivity contribution in [2.75, 3.05) is 88.6 Å². The van der Waals surface area contributed by atoms with Gasteiger partial charge in [0.25, 0.3) is 17.7 Å². The van der Waals surface area contributed by atoms with E-state index in [1.807, 2.05) is 4.90 Å². The second-order valence-corrected chi connectivity index (χ2v) is 14.0. The first-order chi connectivity index (χ1) is 27.0. The van der Waals surface area contributed by atoms with E-state index in [4.69, 9.17) is 14.2 Å². The highest BCUT2D eigenvalue weighted by Gasteiger charge is 2.45. The molecule has 6 amide bonds. The Morgan fingerprint density at radius 1 is 0.911 bits per heavy atom. The van der Waals surface area contributed by atoms with Gasteiger partial charge < -0.3 is 34.2 Å². The van der Waals surface area contributed by atoms with E-state index in [9.17, 15) is 37.5 Å². The molecule has 20 heteroatoms. The van der Waals surface area contributed by atoms with Crippen molar-refractivity contribution in [3.8, 4) is 17.0 Å². The van der Waals surface area contributed by atoms with Gasteiger partial charge in [-0.3, -0.25) is 39.0 Å². The number of thiazole rings is 1. The summed E-state index contributed by atoms with van der Waals surface area (Å²) in [6.07, 6.45) is -0.0680. The maximum Gasteiger partial charge on any atom is 0.262 e. The number of anilines is 2. The van der Waals surface area contributed by atoms with Crippen molar-refractivity contribution < 1.29 is 56.1 Å². The fourth-order valence-corrected chi connectivity index (χ4v) is 7.66. The monoisotopic (exact) mass is 799 g/mol. The van der Waals surface area contributed by atoms with Gasteiger partial charge in [0.1, 0.15) is 18.5 Å². The van der Waals surface area contributed by atoms with Crippen LogP contribution >= 0.6 is 11.3 Å². The Bertz CT molecular complexity index is 2070. The van der Waals surface area contributed by atoms with Crippen LogP contribution in [0.2, 0.25) is 0 Å². The number of carbonyl (C=O) groups is 6. The van der Waals surface area contributed by atoms with Crippen molar-refractivity contribution in [1.29, 1.82) is 0 Å². The van der Waals surface area contributed by atoms with E-state index in [0.29, 0.717) is 37.1 Å². The summed E-state index contributed by atoms with van der Waals surface area (Å²) in [6.45, 7) is 2.27. The summed E-state index contributed by atoms with van der Waals surface area (Å²) < 4.78 is 60.5. The standard InChI is InChI=1S/C36H36F3N7O9S/c37-23-2-1-20(25-19-56-36(41-25)45-10-13-53-14-11-45)32(31(23)39)55-17-29(48)40-5-12-54-18-30(49)44-8-6-43(7-9-44)27-16-22-21(15-24(27)38)34(51)46(35(22)52)26-3-4-28(47)42-33(26)50/h1-2,15-16,19,26H,3-14,17-18H2,(H,40,48)(H,42,47,50). The van der Waals surface area contributed by atoms with E-state index in [1.54, 1.807) is 10.3 Å². The number of fused-ring (bicyclic) bond motifs is 1. The van der Waals surface area contributed by atoms with E-state index in [0.717, 1.165) is 17.0 Å². The fraction of sp³-hybridized carbons (Fsp3) is 0.417. The number of piperazine rings is 1. The van der Waals surface area contributed by atoms with Crippen LogP contribution in [-0.4, -0.2) is 135 Å². The third kappa shape index (κ3) is 8.03. The molecule has 1 unspecified atom stereocenters. The summed E-state index contributed by atoms with van der Waals surface area (Å²) in [5.74, 6) is -7.40. The van der Waals surface area contributed by atoms with E-state index in [2.05, 4.69) is 15.6 Å². The predicted molar refractivity (Wildman–Crippen MR) is 192 cm³/mol. The SMILES string of the molecule is O=C(COc1c(-c2csc(N3CCOCC3)n2)ccc(F)c1F)NCCOCC(=O)N1CCN(c2cc3c(cc2F)C(=O)N(C2CCC(=O)NC2=O)C3=O)CC1. The minimum Gasteiger partial charge on any atom is -0.480 e. The van der Waals surface area contributed by atoms with Gasteiger partial charge in [0.2, 0.25) is 23.5 Å². The summed E-state index contributed by atoms with van der Waals surface area (Å²) in [6, 6.07) is 3.37. The van der Waals surface area contributed by atoms with Gasteiger partial charge in [-0.1, -0.05) is 0 Å². The summed E-state index contributed by atoms with van der Waals surface area (Å²) in [5.41, 5.74) is 0.402. The lowest BCUT2D eigenvalue weighted by Gasteiger charge is -2.36. The molecular weight excluding hydrogens is 763 g/mol. The van der Waals surface area contributed by atoms with Gasteiger partial charge >= 0.3 is 0 Å². The molecule has 1 atom stereocenters. The molecule has 5 heterocycles. The number of nitrogens with zero attached hydrogens (tertiary/aromatic N) is 5. The van der Waals surface area contributed by atoms with Gasteiger partial charge in [0.15, 0.2) is 23.3 Å². The Morgan fingerprint density at radius 3 is 2.38 bits per heavy atom. The second-order valence-electron chi connectivity index (χ2n) is 13.2. The second kappa shape index (κ2) is 16.6. The Balaban J connectivity index is 0.844. The van der Waals surface area contributed by atoms with E-state index < -0.39 is 65.4 Å². The summed E-state index contributed by atoms with van der Waals surface area (Å²) in [5, 5.41) is 7.05. The normalized spacial score (nSPS) is 18.7. The third-order valence-corrected chi connectivity index (χ3v) is 10.6. The van der Waals surface area contributed by atoms with Crippen LogP contribution in [0, 0.1) is 17.5 Å². The van der Waals surface area contributed by atoms with Crippen molar-refractivity contribution >= 4 is 57.6 Å². The highest BCUT2D eigenvalue weighted by molar-refractivity contribution is 7.14. The zero-order valence-electron chi connectivity index (χ0n) is 29.8. The van der Waals surface area contributed by atoms with Crippen LogP contribution in [-0.2, 0) is 28.7 Å². The number of nitrogens with one attached hydrogen (secondary N) is 2. The first kappa shape index (κ1) is 38.7. The summed E-state index contributed by atoms with van der Waals surface area (Å²) >= 11 is 1.34. The number of piperidine rings is 1. The lowest BCUT2D eigenvalue weighted by molar-refractivity contribution is -0.137. The quantitative estimate of drug-likeness (QED) is 0.199. The van der Waals surface area contributed by atoms with Crippen LogP contribution in [0.25, 0.3) is 11.3 Å². The number of hydrogen-bond donors (Lipinski definition) is 2. The van der Waals surface area contributed by atoms with Crippen LogP contribution in [0.1, 0.15) is 33.6 Å². The van der Waals surface area contributed by atoms with E-state index in [-0.39, 0.29) is 87.1 Å². The Labute approximate surface area is 321 Å². The molecule has 3 fully saturated rings. The number of hydrogen-bond acceptors (Lipinski definition) is 13. The Morgan fingerprint density at radius 2 is 1.64 bits per heavy atom. The minimum absolute atomic E-state index is 0.00344. The molecule has 4 aliphatic rings. The lowest BCUT2D eigenvalue weighted by Crippen LogP contribution is -2.54. The van der Waals surface area contributed by atoms with Crippen molar-refractivity contribution in [2.24, 2.45) is 0 Å². The topological polar surface area (TPSA) is 180 Å². The van der Waals surface area contributed by atoms with Crippen LogP contribution in [0.5, 0.6) is 5.75 Å². The molecule has 296 valence electrons. The van der Waals surface area contributed by atoms with Crippen molar-refractivity contribution in [3.05, 3.63) is 58.2 Å². The third-order valence-electron chi connectivity index (χ3n) is 9.72. The van der Waals surface area contributed by atoms with Gasteiger partial charge in [0, 0.05) is 63.2 Å². The first-order valence-electron chi connectivity index (χ1n) is 17.8. The largest absolute Gasteiger partial charge is 0.480 e. The number of carbonyl (C=O) groups excluding carboxylic acids is 6. The molecule has 0 bridgehead atoms.